The zero-order chi connectivity index (χ0) is 21.3. The molecule has 0 atom stereocenters. The van der Waals surface area contributed by atoms with E-state index in [1.54, 1.807) is 30.7 Å². The zero-order valence-electron chi connectivity index (χ0n) is 16.2. The van der Waals surface area contributed by atoms with E-state index in [1.807, 2.05) is 12.3 Å². The number of benzene rings is 1. The minimum atomic E-state index is -0.314. The van der Waals surface area contributed by atoms with Crippen LogP contribution in [-0.4, -0.2) is 44.8 Å². The van der Waals surface area contributed by atoms with Gasteiger partial charge in [0, 0.05) is 43.7 Å². The SMILES string of the molecule is CC(=O)NCC(=O)Nc1cccc(Nc2ncc(Br)c(NCCc3c[nH]cn3)n2)c1. The van der Waals surface area contributed by atoms with Crippen LogP contribution in [0.4, 0.5) is 23.1 Å². The number of hydrogen-bond donors (Lipinski definition) is 5. The first-order valence-electron chi connectivity index (χ1n) is 9.15. The van der Waals surface area contributed by atoms with Crippen LogP contribution in [0.1, 0.15) is 12.6 Å². The van der Waals surface area contributed by atoms with Crippen molar-refractivity contribution in [2.75, 3.05) is 29.0 Å². The third-order valence-corrected chi connectivity index (χ3v) is 4.45. The van der Waals surface area contributed by atoms with Crippen molar-refractivity contribution in [1.29, 1.82) is 0 Å². The first-order chi connectivity index (χ1) is 14.5. The summed E-state index contributed by atoms with van der Waals surface area (Å²) >= 11 is 3.44. The van der Waals surface area contributed by atoms with E-state index < -0.39 is 0 Å². The van der Waals surface area contributed by atoms with Crippen LogP contribution < -0.4 is 21.3 Å². The van der Waals surface area contributed by atoms with Crippen molar-refractivity contribution >= 4 is 50.9 Å². The Morgan fingerprint density at radius 3 is 2.80 bits per heavy atom. The summed E-state index contributed by atoms with van der Waals surface area (Å²) in [6, 6.07) is 7.13. The Morgan fingerprint density at radius 2 is 2.03 bits per heavy atom. The Balaban J connectivity index is 1.60. The molecule has 2 aromatic heterocycles. The molecule has 0 saturated heterocycles. The first kappa shape index (κ1) is 21.2. The lowest BCUT2D eigenvalue weighted by Crippen LogP contribution is -2.31. The highest BCUT2D eigenvalue weighted by Crippen LogP contribution is 2.23. The number of imidazole rings is 1. The summed E-state index contributed by atoms with van der Waals surface area (Å²) < 4.78 is 0.745. The van der Waals surface area contributed by atoms with Crippen LogP contribution in [-0.2, 0) is 16.0 Å². The normalized spacial score (nSPS) is 10.3. The van der Waals surface area contributed by atoms with Crippen LogP contribution in [0.15, 0.2) is 47.5 Å². The highest BCUT2D eigenvalue weighted by molar-refractivity contribution is 9.10. The number of anilines is 4. The van der Waals surface area contributed by atoms with E-state index in [0.29, 0.717) is 29.7 Å². The van der Waals surface area contributed by atoms with Gasteiger partial charge >= 0.3 is 0 Å². The topological polar surface area (TPSA) is 137 Å². The van der Waals surface area contributed by atoms with E-state index in [1.165, 1.54) is 6.92 Å². The fourth-order valence-electron chi connectivity index (χ4n) is 2.50. The molecular formula is C19H21BrN8O2. The number of H-pyrrole nitrogens is 1. The molecule has 0 aliphatic heterocycles. The second-order valence-electron chi connectivity index (χ2n) is 6.29. The van der Waals surface area contributed by atoms with Crippen molar-refractivity contribution < 1.29 is 9.59 Å². The number of halogens is 1. The van der Waals surface area contributed by atoms with Crippen molar-refractivity contribution in [2.24, 2.45) is 0 Å². The summed E-state index contributed by atoms with van der Waals surface area (Å²) in [5.74, 6) is 0.484. The summed E-state index contributed by atoms with van der Waals surface area (Å²) in [6.45, 7) is 1.93. The number of aromatic nitrogens is 4. The van der Waals surface area contributed by atoms with Gasteiger partial charge in [0.1, 0.15) is 5.82 Å². The smallest absolute Gasteiger partial charge is 0.243 e. The van der Waals surface area contributed by atoms with Gasteiger partial charge in [0.25, 0.3) is 0 Å². The number of carbonyl (C=O) groups excluding carboxylic acids is 2. The van der Waals surface area contributed by atoms with Crippen molar-refractivity contribution in [1.82, 2.24) is 25.3 Å². The lowest BCUT2D eigenvalue weighted by atomic mass is 10.2. The fourth-order valence-corrected chi connectivity index (χ4v) is 2.83. The second kappa shape index (κ2) is 10.3. The second-order valence-corrected chi connectivity index (χ2v) is 7.15. The maximum atomic E-state index is 11.9. The molecule has 0 aliphatic rings. The Kier molecular flexibility index (Phi) is 7.33. The number of amides is 2. The van der Waals surface area contributed by atoms with Crippen LogP contribution in [0.3, 0.4) is 0 Å². The molecular weight excluding hydrogens is 452 g/mol. The van der Waals surface area contributed by atoms with Crippen LogP contribution in [0.25, 0.3) is 0 Å². The van der Waals surface area contributed by atoms with Gasteiger partial charge in [-0.3, -0.25) is 9.59 Å². The third-order valence-electron chi connectivity index (χ3n) is 3.87. The molecule has 0 fully saturated rings. The van der Waals surface area contributed by atoms with Gasteiger partial charge in [-0.05, 0) is 34.1 Å². The lowest BCUT2D eigenvalue weighted by Gasteiger charge is -2.11. The van der Waals surface area contributed by atoms with Crippen LogP contribution >= 0.6 is 15.9 Å². The number of nitrogens with one attached hydrogen (secondary N) is 5. The zero-order valence-corrected chi connectivity index (χ0v) is 17.8. The largest absolute Gasteiger partial charge is 0.369 e. The van der Waals surface area contributed by atoms with E-state index in [0.717, 1.165) is 16.6 Å². The molecule has 0 aliphatic carbocycles. The standard InChI is InChI=1S/C19H21BrN8O2/c1-12(29)23-10-17(30)26-13-3-2-4-14(7-13)27-19-24-9-16(20)18(28-19)22-6-5-15-8-21-11-25-15/h2-4,7-9,11H,5-6,10H2,1H3,(H,21,25)(H,23,29)(H,26,30)(H2,22,24,27,28). The molecule has 0 saturated carbocycles. The number of nitrogens with zero attached hydrogens (tertiary/aromatic N) is 3. The van der Waals surface area contributed by atoms with E-state index in [-0.39, 0.29) is 18.4 Å². The minimum absolute atomic E-state index is 0.0872. The van der Waals surface area contributed by atoms with Gasteiger partial charge in [0.15, 0.2) is 0 Å². The summed E-state index contributed by atoms with van der Waals surface area (Å²) in [5, 5.41) is 11.5. The maximum Gasteiger partial charge on any atom is 0.243 e. The minimum Gasteiger partial charge on any atom is -0.369 e. The highest BCUT2D eigenvalue weighted by atomic mass is 79.9. The van der Waals surface area contributed by atoms with Gasteiger partial charge < -0.3 is 26.3 Å². The predicted molar refractivity (Wildman–Crippen MR) is 118 cm³/mol. The fraction of sp³-hybridized carbons (Fsp3) is 0.211. The molecule has 30 heavy (non-hydrogen) atoms. The molecule has 3 aromatic rings. The molecule has 11 heteroatoms. The summed E-state index contributed by atoms with van der Waals surface area (Å²) in [6.07, 6.45) is 5.91. The first-order valence-corrected chi connectivity index (χ1v) is 9.94. The third kappa shape index (κ3) is 6.55. The van der Waals surface area contributed by atoms with Gasteiger partial charge in [0.2, 0.25) is 17.8 Å². The van der Waals surface area contributed by atoms with Gasteiger partial charge in [0.05, 0.1) is 23.0 Å². The number of rotatable bonds is 9. The molecule has 3 rings (SSSR count). The van der Waals surface area contributed by atoms with Crippen LogP contribution in [0, 0.1) is 0 Å². The molecule has 0 unspecified atom stereocenters. The average molecular weight is 473 g/mol. The van der Waals surface area contributed by atoms with Gasteiger partial charge in [-0.2, -0.15) is 4.98 Å². The van der Waals surface area contributed by atoms with E-state index in [2.05, 4.69) is 57.1 Å². The number of hydrogen-bond acceptors (Lipinski definition) is 7. The molecule has 0 radical (unpaired) electrons. The molecule has 2 amide bonds. The highest BCUT2D eigenvalue weighted by Gasteiger charge is 2.07. The Hall–Kier alpha value is -3.47. The van der Waals surface area contributed by atoms with Crippen molar-refractivity contribution in [2.45, 2.75) is 13.3 Å². The molecule has 1 aromatic carbocycles. The lowest BCUT2D eigenvalue weighted by molar-refractivity contribution is -0.122. The molecule has 2 heterocycles. The molecule has 0 bridgehead atoms. The van der Waals surface area contributed by atoms with Crippen LogP contribution in [0.2, 0.25) is 0 Å². The molecule has 5 N–H and O–H groups in total. The van der Waals surface area contributed by atoms with Crippen LogP contribution in [0.5, 0.6) is 0 Å². The van der Waals surface area contributed by atoms with E-state index >= 15 is 0 Å². The van der Waals surface area contributed by atoms with Gasteiger partial charge in [-0.1, -0.05) is 6.07 Å². The van der Waals surface area contributed by atoms with E-state index in [9.17, 15) is 9.59 Å². The molecule has 10 nitrogen and oxygen atoms in total. The molecule has 0 spiro atoms. The average Bonchev–Trinajstić information content (AvgIpc) is 3.22. The quantitative estimate of drug-likeness (QED) is 0.322. The number of aromatic amines is 1. The monoisotopic (exact) mass is 472 g/mol. The summed E-state index contributed by atoms with van der Waals surface area (Å²) in [4.78, 5) is 38.6. The van der Waals surface area contributed by atoms with Crippen molar-refractivity contribution in [3.8, 4) is 0 Å². The molecule has 156 valence electrons. The van der Waals surface area contributed by atoms with Crippen molar-refractivity contribution in [3.05, 3.63) is 53.2 Å². The maximum absolute atomic E-state index is 11.9. The summed E-state index contributed by atoms with van der Waals surface area (Å²) in [5.41, 5.74) is 2.25. The Bertz CT molecular complexity index is 1010. The number of carbonyl (C=O) groups is 2. The van der Waals surface area contributed by atoms with Gasteiger partial charge in [-0.25, -0.2) is 9.97 Å². The van der Waals surface area contributed by atoms with E-state index in [4.69, 9.17) is 0 Å². The van der Waals surface area contributed by atoms with Crippen molar-refractivity contribution in [3.63, 3.8) is 0 Å². The van der Waals surface area contributed by atoms with Gasteiger partial charge in [-0.15, -0.1) is 0 Å². The Morgan fingerprint density at radius 1 is 1.20 bits per heavy atom. The summed E-state index contributed by atoms with van der Waals surface area (Å²) in [7, 11) is 0. The Labute approximate surface area is 181 Å². The predicted octanol–water partition coefficient (Wildman–Crippen LogP) is 2.43.